The van der Waals surface area contributed by atoms with E-state index in [1.54, 1.807) is 4.57 Å². The van der Waals surface area contributed by atoms with Crippen molar-refractivity contribution < 1.29 is 19.0 Å². The Morgan fingerprint density at radius 3 is 2.79 bits per heavy atom. The van der Waals surface area contributed by atoms with Gasteiger partial charge in [-0.3, -0.25) is 4.79 Å². The monoisotopic (exact) mass is 387 g/mol. The first-order valence-corrected chi connectivity index (χ1v) is 9.60. The van der Waals surface area contributed by atoms with Crippen LogP contribution in [0, 0.1) is 11.2 Å². The number of nitrogens with zero attached hydrogens (tertiary/aromatic N) is 2. The first kappa shape index (κ1) is 17.5. The lowest BCUT2D eigenvalue weighted by molar-refractivity contribution is 0.0694. The SMILES string of the molecule is C[C@@H]1COc2c(N3C[C@H](N)C4(CCC4)C3)c(F)cc3c(=O)c(C(=O)O)cn1c23. The number of halogens is 1. The van der Waals surface area contributed by atoms with E-state index in [-0.39, 0.29) is 35.1 Å². The van der Waals surface area contributed by atoms with E-state index in [1.807, 2.05) is 11.8 Å². The molecule has 2 atom stereocenters. The molecule has 5 rings (SSSR count). The number of nitrogens with two attached hydrogens (primary N) is 1. The number of hydrogen-bond donors (Lipinski definition) is 2. The highest BCUT2D eigenvalue weighted by Crippen LogP contribution is 2.51. The summed E-state index contributed by atoms with van der Waals surface area (Å²) in [5, 5.41) is 9.41. The molecule has 28 heavy (non-hydrogen) atoms. The van der Waals surface area contributed by atoms with Gasteiger partial charge >= 0.3 is 5.97 Å². The van der Waals surface area contributed by atoms with Crippen LogP contribution in [0.1, 0.15) is 42.6 Å². The minimum atomic E-state index is -1.32. The van der Waals surface area contributed by atoms with Crippen LogP contribution in [0.15, 0.2) is 17.1 Å². The van der Waals surface area contributed by atoms with Crippen LogP contribution in [0.25, 0.3) is 10.9 Å². The summed E-state index contributed by atoms with van der Waals surface area (Å²) in [6.07, 6.45) is 4.56. The number of rotatable bonds is 2. The van der Waals surface area contributed by atoms with Gasteiger partial charge in [-0.05, 0) is 25.8 Å². The fourth-order valence-electron chi connectivity index (χ4n) is 4.98. The van der Waals surface area contributed by atoms with Crippen LogP contribution in [-0.4, -0.2) is 41.4 Å². The van der Waals surface area contributed by atoms with Crippen molar-refractivity contribution in [2.75, 3.05) is 24.6 Å². The summed E-state index contributed by atoms with van der Waals surface area (Å²) in [4.78, 5) is 26.1. The van der Waals surface area contributed by atoms with Crippen LogP contribution >= 0.6 is 0 Å². The van der Waals surface area contributed by atoms with Crippen LogP contribution < -0.4 is 20.8 Å². The Morgan fingerprint density at radius 2 is 2.18 bits per heavy atom. The molecular weight excluding hydrogens is 365 g/mol. The van der Waals surface area contributed by atoms with Gasteiger partial charge in [0.05, 0.1) is 16.9 Å². The Bertz CT molecular complexity index is 1080. The zero-order chi connectivity index (χ0) is 19.8. The van der Waals surface area contributed by atoms with Crippen LogP contribution in [0.3, 0.4) is 0 Å². The van der Waals surface area contributed by atoms with Gasteiger partial charge in [0, 0.05) is 30.7 Å². The van der Waals surface area contributed by atoms with E-state index in [4.69, 9.17) is 10.5 Å². The van der Waals surface area contributed by atoms with E-state index in [0.717, 1.165) is 25.3 Å². The van der Waals surface area contributed by atoms with E-state index in [9.17, 15) is 14.7 Å². The second kappa shape index (κ2) is 5.70. The molecule has 2 aliphatic heterocycles. The van der Waals surface area contributed by atoms with Gasteiger partial charge in [0.2, 0.25) is 5.43 Å². The van der Waals surface area contributed by atoms with E-state index in [2.05, 4.69) is 0 Å². The molecule has 1 aliphatic carbocycles. The van der Waals surface area contributed by atoms with Crippen LogP contribution in [-0.2, 0) is 0 Å². The fourth-order valence-corrected chi connectivity index (χ4v) is 4.98. The number of hydrogen-bond acceptors (Lipinski definition) is 5. The minimum Gasteiger partial charge on any atom is -0.487 e. The van der Waals surface area contributed by atoms with Gasteiger partial charge in [-0.2, -0.15) is 0 Å². The molecule has 7 nitrogen and oxygen atoms in total. The third-order valence-electron chi connectivity index (χ3n) is 6.75. The molecule has 3 N–H and O–H groups in total. The van der Waals surface area contributed by atoms with Crippen molar-refractivity contribution >= 4 is 22.6 Å². The van der Waals surface area contributed by atoms with Gasteiger partial charge in [0.25, 0.3) is 0 Å². The highest BCUT2D eigenvalue weighted by atomic mass is 19.1. The molecule has 148 valence electrons. The predicted octanol–water partition coefficient (Wildman–Crippen LogP) is 2.11. The lowest BCUT2D eigenvalue weighted by atomic mass is 9.66. The van der Waals surface area contributed by atoms with E-state index < -0.39 is 17.2 Å². The number of aromatic carboxylic acids is 1. The number of pyridine rings is 1. The molecule has 3 heterocycles. The average Bonchev–Trinajstić information content (AvgIpc) is 2.96. The largest absolute Gasteiger partial charge is 0.487 e. The van der Waals surface area contributed by atoms with Crippen LogP contribution in [0.5, 0.6) is 5.75 Å². The maximum absolute atomic E-state index is 15.2. The van der Waals surface area contributed by atoms with Crippen molar-refractivity contribution in [1.82, 2.24) is 4.57 Å². The van der Waals surface area contributed by atoms with Crippen molar-refractivity contribution in [3.05, 3.63) is 33.9 Å². The van der Waals surface area contributed by atoms with Crippen LogP contribution in [0.2, 0.25) is 0 Å². The molecule has 1 saturated heterocycles. The zero-order valence-corrected chi connectivity index (χ0v) is 15.6. The standard InChI is InChI=1S/C20H22FN3O4/c1-10-8-28-18-15-11(17(25)12(19(26)27)6-24(10)15)5-13(21)16(18)23-7-14(22)20(9-23)3-2-4-20/h5-6,10,14H,2-4,7-9,22H2,1H3,(H,26,27)/t10-,14+/m1/s1. The predicted molar refractivity (Wildman–Crippen MR) is 102 cm³/mol. The highest BCUT2D eigenvalue weighted by molar-refractivity contribution is 5.97. The number of aromatic nitrogens is 1. The molecule has 1 aromatic heterocycles. The summed E-state index contributed by atoms with van der Waals surface area (Å²) >= 11 is 0. The van der Waals surface area contributed by atoms with E-state index in [1.165, 1.54) is 6.20 Å². The van der Waals surface area contributed by atoms with Gasteiger partial charge in [-0.25, -0.2) is 9.18 Å². The van der Waals surface area contributed by atoms with E-state index in [0.29, 0.717) is 30.0 Å². The molecule has 3 aliphatic rings. The number of carbonyl (C=O) groups is 1. The maximum Gasteiger partial charge on any atom is 0.341 e. The Morgan fingerprint density at radius 1 is 1.43 bits per heavy atom. The number of anilines is 1. The minimum absolute atomic E-state index is 0.0253. The van der Waals surface area contributed by atoms with Gasteiger partial charge in [0.15, 0.2) is 11.6 Å². The Kier molecular flexibility index (Phi) is 3.56. The summed E-state index contributed by atoms with van der Waals surface area (Å²) < 4.78 is 22.9. The second-order valence-electron chi connectivity index (χ2n) is 8.38. The molecule has 2 fully saturated rings. The number of ether oxygens (including phenoxy) is 1. The van der Waals surface area contributed by atoms with Gasteiger partial charge < -0.3 is 25.0 Å². The van der Waals surface area contributed by atoms with Crippen molar-refractivity contribution in [3.63, 3.8) is 0 Å². The smallest absolute Gasteiger partial charge is 0.341 e. The van der Waals surface area contributed by atoms with Crippen molar-refractivity contribution in [1.29, 1.82) is 0 Å². The van der Waals surface area contributed by atoms with Gasteiger partial charge in [0.1, 0.15) is 17.9 Å². The second-order valence-corrected chi connectivity index (χ2v) is 8.38. The fraction of sp³-hybridized carbons (Fsp3) is 0.500. The lowest BCUT2D eigenvalue weighted by Crippen LogP contribution is -2.45. The normalized spacial score (nSPS) is 25.0. The quantitative estimate of drug-likeness (QED) is 0.819. The Labute approximate surface area is 160 Å². The molecule has 1 spiro atoms. The molecule has 0 bridgehead atoms. The summed E-state index contributed by atoms with van der Waals surface area (Å²) in [6, 6.07) is 0.950. The van der Waals surface area contributed by atoms with Crippen molar-refractivity contribution in [2.24, 2.45) is 11.1 Å². The summed E-state index contributed by atoms with van der Waals surface area (Å²) in [7, 11) is 0. The molecule has 1 aromatic carbocycles. The highest BCUT2D eigenvalue weighted by Gasteiger charge is 2.50. The summed E-state index contributed by atoms with van der Waals surface area (Å²) in [5.74, 6) is -1.59. The van der Waals surface area contributed by atoms with Crippen LogP contribution in [0.4, 0.5) is 10.1 Å². The number of carboxylic acids is 1. The molecule has 0 unspecified atom stereocenters. The average molecular weight is 387 g/mol. The molecule has 1 saturated carbocycles. The third-order valence-corrected chi connectivity index (χ3v) is 6.75. The van der Waals surface area contributed by atoms with Gasteiger partial charge in [-0.15, -0.1) is 0 Å². The summed E-state index contributed by atoms with van der Waals surface area (Å²) in [5.41, 5.74) is 6.12. The maximum atomic E-state index is 15.2. The summed E-state index contributed by atoms with van der Waals surface area (Å²) in [6.45, 7) is 3.34. The third kappa shape index (κ3) is 2.18. The van der Waals surface area contributed by atoms with Crippen molar-refractivity contribution in [3.8, 4) is 5.75 Å². The number of carboxylic acid groups (broad SMARTS) is 1. The molecule has 0 radical (unpaired) electrons. The molecular formula is C20H22FN3O4. The van der Waals surface area contributed by atoms with Crippen molar-refractivity contribution in [2.45, 2.75) is 38.3 Å². The molecule has 2 aromatic rings. The molecule has 0 amide bonds. The zero-order valence-electron chi connectivity index (χ0n) is 15.6. The first-order valence-electron chi connectivity index (χ1n) is 9.60. The Balaban J connectivity index is 1.75. The van der Waals surface area contributed by atoms with E-state index >= 15 is 4.39 Å². The lowest BCUT2D eigenvalue weighted by Gasteiger charge is -2.41. The Hall–Kier alpha value is -2.61. The number of benzene rings is 1. The van der Waals surface area contributed by atoms with Gasteiger partial charge in [-0.1, -0.05) is 6.42 Å². The first-order chi connectivity index (χ1) is 13.3. The molecule has 8 heteroatoms. The topological polar surface area (TPSA) is 97.8 Å².